The Morgan fingerprint density at radius 1 is 1.44 bits per heavy atom. The topological polar surface area (TPSA) is 49.7 Å². The molecule has 0 saturated carbocycles. The van der Waals surface area contributed by atoms with Gasteiger partial charge in [0.1, 0.15) is 0 Å². The van der Waals surface area contributed by atoms with E-state index in [1.807, 2.05) is 24.1 Å². The van der Waals surface area contributed by atoms with Crippen LogP contribution in [-0.2, 0) is 13.6 Å². The number of piperidine rings is 1. The Balaban J connectivity index is 1.63. The van der Waals surface area contributed by atoms with E-state index in [9.17, 15) is 0 Å². The molecule has 3 heterocycles. The Labute approximate surface area is 107 Å². The molecule has 0 spiro atoms. The van der Waals surface area contributed by atoms with Gasteiger partial charge in [0.25, 0.3) is 0 Å². The third-order valence-corrected chi connectivity index (χ3v) is 3.62. The fourth-order valence-electron chi connectivity index (χ4n) is 2.72. The predicted molar refractivity (Wildman–Crippen MR) is 69.0 cm³/mol. The number of nitrogens with one attached hydrogen (secondary N) is 1. The number of rotatable bonds is 3. The molecule has 1 aliphatic heterocycles. The third-order valence-electron chi connectivity index (χ3n) is 3.62. The van der Waals surface area contributed by atoms with Gasteiger partial charge in [-0.15, -0.1) is 0 Å². The summed E-state index contributed by atoms with van der Waals surface area (Å²) in [4.78, 5) is 2.48. The fraction of sp³-hybridized carbons (Fsp3) is 0.538. The maximum absolute atomic E-state index is 4.45. The van der Waals surface area contributed by atoms with E-state index in [0.717, 1.165) is 18.8 Å². The second kappa shape index (κ2) is 4.94. The predicted octanol–water partition coefficient (Wildman–Crippen LogP) is 1.52. The minimum Gasteiger partial charge on any atom is -0.297 e. The molecule has 2 aromatic heterocycles. The zero-order valence-corrected chi connectivity index (χ0v) is 10.7. The second-order valence-corrected chi connectivity index (χ2v) is 5.07. The van der Waals surface area contributed by atoms with Crippen LogP contribution in [0.15, 0.2) is 24.5 Å². The van der Waals surface area contributed by atoms with Gasteiger partial charge in [0.15, 0.2) is 0 Å². The number of aromatic nitrogens is 4. The molecule has 1 fully saturated rings. The van der Waals surface area contributed by atoms with Crippen LogP contribution in [0.5, 0.6) is 0 Å². The number of H-pyrrole nitrogens is 1. The summed E-state index contributed by atoms with van der Waals surface area (Å²) >= 11 is 0. The zero-order valence-electron chi connectivity index (χ0n) is 10.7. The Morgan fingerprint density at radius 3 is 3.11 bits per heavy atom. The summed E-state index contributed by atoms with van der Waals surface area (Å²) < 4.78 is 1.87. The highest BCUT2D eigenvalue weighted by Gasteiger charge is 2.22. The summed E-state index contributed by atoms with van der Waals surface area (Å²) in [5.74, 6) is 0.588. The number of aromatic amines is 1. The maximum Gasteiger partial charge on any atom is 0.0764 e. The van der Waals surface area contributed by atoms with Crippen molar-refractivity contribution in [2.24, 2.45) is 7.05 Å². The van der Waals surface area contributed by atoms with Crippen LogP contribution in [0.25, 0.3) is 0 Å². The molecule has 1 saturated heterocycles. The molecular weight excluding hydrogens is 226 g/mol. The van der Waals surface area contributed by atoms with Crippen molar-refractivity contribution in [2.75, 3.05) is 13.1 Å². The maximum atomic E-state index is 4.45. The van der Waals surface area contributed by atoms with Gasteiger partial charge in [-0.3, -0.25) is 14.7 Å². The quantitative estimate of drug-likeness (QED) is 0.892. The van der Waals surface area contributed by atoms with E-state index in [0.29, 0.717) is 5.92 Å². The molecule has 0 amide bonds. The van der Waals surface area contributed by atoms with Gasteiger partial charge in [0.2, 0.25) is 0 Å². The number of aryl methyl sites for hydroxylation is 1. The van der Waals surface area contributed by atoms with Crippen molar-refractivity contribution in [3.8, 4) is 0 Å². The van der Waals surface area contributed by atoms with E-state index < -0.39 is 0 Å². The van der Waals surface area contributed by atoms with Gasteiger partial charge in [0, 0.05) is 44.1 Å². The normalized spacial score (nSPS) is 21.3. The molecule has 96 valence electrons. The molecule has 0 aliphatic carbocycles. The summed E-state index contributed by atoms with van der Waals surface area (Å²) in [7, 11) is 1.97. The zero-order chi connectivity index (χ0) is 12.4. The van der Waals surface area contributed by atoms with Crippen LogP contribution in [0, 0.1) is 0 Å². The van der Waals surface area contributed by atoms with Gasteiger partial charge in [-0.05, 0) is 31.5 Å². The van der Waals surface area contributed by atoms with Crippen molar-refractivity contribution in [1.29, 1.82) is 0 Å². The number of likely N-dealkylation sites (tertiary alicyclic amines) is 1. The molecule has 0 radical (unpaired) electrons. The molecule has 1 aliphatic rings. The highest BCUT2D eigenvalue weighted by atomic mass is 15.3. The first kappa shape index (κ1) is 11.5. The van der Waals surface area contributed by atoms with E-state index in [-0.39, 0.29) is 0 Å². The lowest BCUT2D eigenvalue weighted by Crippen LogP contribution is -2.34. The van der Waals surface area contributed by atoms with Crippen LogP contribution >= 0.6 is 0 Å². The van der Waals surface area contributed by atoms with Crippen LogP contribution < -0.4 is 0 Å². The first-order valence-corrected chi connectivity index (χ1v) is 6.51. The third kappa shape index (κ3) is 2.46. The van der Waals surface area contributed by atoms with Crippen molar-refractivity contribution in [3.05, 3.63) is 35.9 Å². The molecule has 1 atom stereocenters. The molecule has 5 nitrogen and oxygen atoms in total. The Bertz CT molecular complexity index is 487. The molecule has 3 rings (SSSR count). The summed E-state index contributed by atoms with van der Waals surface area (Å²) in [6.07, 6.45) is 6.34. The Hall–Kier alpha value is -1.62. The van der Waals surface area contributed by atoms with Gasteiger partial charge >= 0.3 is 0 Å². The van der Waals surface area contributed by atoms with Gasteiger partial charge in [-0.2, -0.15) is 10.2 Å². The summed E-state index contributed by atoms with van der Waals surface area (Å²) in [6, 6.07) is 4.19. The average molecular weight is 245 g/mol. The van der Waals surface area contributed by atoms with Crippen molar-refractivity contribution < 1.29 is 0 Å². The van der Waals surface area contributed by atoms with Crippen LogP contribution in [0.3, 0.4) is 0 Å². The minimum absolute atomic E-state index is 0.588. The molecule has 2 aromatic rings. The first-order valence-electron chi connectivity index (χ1n) is 6.51. The number of nitrogens with zero attached hydrogens (tertiary/aromatic N) is 4. The smallest absolute Gasteiger partial charge is 0.0764 e. The Morgan fingerprint density at radius 2 is 2.39 bits per heavy atom. The van der Waals surface area contributed by atoms with Gasteiger partial charge < -0.3 is 0 Å². The van der Waals surface area contributed by atoms with E-state index in [4.69, 9.17) is 0 Å². The first-order chi connectivity index (χ1) is 8.81. The summed E-state index contributed by atoms with van der Waals surface area (Å²) in [5, 5.41) is 11.6. The molecule has 0 aromatic carbocycles. The fourth-order valence-corrected chi connectivity index (χ4v) is 2.72. The van der Waals surface area contributed by atoms with Crippen molar-refractivity contribution in [3.63, 3.8) is 0 Å². The summed E-state index contributed by atoms with van der Waals surface area (Å²) in [6.45, 7) is 3.21. The molecule has 0 unspecified atom stereocenters. The van der Waals surface area contributed by atoms with E-state index >= 15 is 0 Å². The minimum atomic E-state index is 0.588. The molecule has 5 heteroatoms. The van der Waals surface area contributed by atoms with Crippen molar-refractivity contribution in [2.45, 2.75) is 25.3 Å². The van der Waals surface area contributed by atoms with Crippen LogP contribution in [0.2, 0.25) is 0 Å². The molecule has 1 N–H and O–H groups in total. The van der Waals surface area contributed by atoms with E-state index in [2.05, 4.69) is 32.3 Å². The summed E-state index contributed by atoms with van der Waals surface area (Å²) in [5.41, 5.74) is 2.42. The van der Waals surface area contributed by atoms with Crippen LogP contribution in [-0.4, -0.2) is 38.0 Å². The van der Waals surface area contributed by atoms with Crippen LogP contribution in [0.1, 0.15) is 30.1 Å². The standard InChI is InChI=1S/C13H19N5/c1-17-8-5-12(16-17)10-18-7-2-3-11(9-18)13-4-6-14-15-13/h4-6,8,11H,2-3,7,9-10H2,1H3,(H,14,15)/t11-/m1/s1. The number of hydrogen-bond acceptors (Lipinski definition) is 3. The van der Waals surface area contributed by atoms with E-state index in [1.54, 1.807) is 0 Å². The monoisotopic (exact) mass is 245 g/mol. The second-order valence-electron chi connectivity index (χ2n) is 5.07. The largest absolute Gasteiger partial charge is 0.297 e. The SMILES string of the molecule is Cn1ccc(CN2CCC[C@@H](c3ccn[nH]3)C2)n1. The van der Waals surface area contributed by atoms with Crippen molar-refractivity contribution in [1.82, 2.24) is 24.9 Å². The van der Waals surface area contributed by atoms with Crippen LogP contribution in [0.4, 0.5) is 0 Å². The average Bonchev–Trinajstić information content (AvgIpc) is 3.01. The Kier molecular flexibility index (Phi) is 3.15. The van der Waals surface area contributed by atoms with E-state index in [1.165, 1.54) is 25.1 Å². The number of hydrogen-bond donors (Lipinski definition) is 1. The van der Waals surface area contributed by atoms with Gasteiger partial charge in [-0.1, -0.05) is 0 Å². The molecule has 18 heavy (non-hydrogen) atoms. The highest BCUT2D eigenvalue weighted by Crippen LogP contribution is 2.25. The lowest BCUT2D eigenvalue weighted by Gasteiger charge is -2.31. The van der Waals surface area contributed by atoms with Crippen molar-refractivity contribution >= 4 is 0 Å². The van der Waals surface area contributed by atoms with Gasteiger partial charge in [0.05, 0.1) is 5.69 Å². The highest BCUT2D eigenvalue weighted by molar-refractivity contribution is 5.08. The lowest BCUT2D eigenvalue weighted by atomic mass is 9.95. The van der Waals surface area contributed by atoms with Gasteiger partial charge in [-0.25, -0.2) is 0 Å². The molecular formula is C13H19N5. The lowest BCUT2D eigenvalue weighted by molar-refractivity contribution is 0.196. The molecule has 0 bridgehead atoms.